The van der Waals surface area contributed by atoms with Crippen LogP contribution in [-0.4, -0.2) is 30.5 Å². The molecule has 1 amide bonds. The van der Waals surface area contributed by atoms with Gasteiger partial charge in [0, 0.05) is 18.5 Å². The first kappa shape index (κ1) is 14.4. The molecule has 3 rings (SSSR count). The maximum atomic E-state index is 12.8. The number of hydrogen-bond donors (Lipinski definition) is 1. The standard InChI is InChI=1S/C17H24N2O2/c1-21-15-5-2-4-12(11-15)16-6-3-9-19(16)17(20)13-7-8-14(18)10-13/h2,4-5,11,13-14,16H,3,6-10,18H2,1H3/t13-,14-,16+/m1/s1. The number of ether oxygens (including phenoxy) is 1. The monoisotopic (exact) mass is 288 g/mol. The normalized spacial score (nSPS) is 28.9. The molecular formula is C17H24N2O2. The summed E-state index contributed by atoms with van der Waals surface area (Å²) in [4.78, 5) is 14.8. The highest BCUT2D eigenvalue weighted by Crippen LogP contribution is 2.36. The van der Waals surface area contributed by atoms with Gasteiger partial charge in [0.1, 0.15) is 5.75 Å². The van der Waals surface area contributed by atoms with Crippen LogP contribution in [0.25, 0.3) is 0 Å². The second-order valence-electron chi connectivity index (χ2n) is 6.24. The van der Waals surface area contributed by atoms with E-state index in [0.29, 0.717) is 5.91 Å². The molecule has 0 bridgehead atoms. The van der Waals surface area contributed by atoms with Crippen LogP contribution in [0.15, 0.2) is 24.3 Å². The second-order valence-corrected chi connectivity index (χ2v) is 6.24. The first-order valence-corrected chi connectivity index (χ1v) is 7.89. The molecule has 1 saturated heterocycles. The van der Waals surface area contributed by atoms with Gasteiger partial charge >= 0.3 is 0 Å². The van der Waals surface area contributed by atoms with E-state index in [9.17, 15) is 4.79 Å². The third-order valence-electron chi connectivity index (χ3n) is 4.84. The Bertz CT molecular complexity index is 517. The second kappa shape index (κ2) is 6.06. The molecule has 2 fully saturated rings. The van der Waals surface area contributed by atoms with Crippen molar-refractivity contribution in [2.75, 3.05) is 13.7 Å². The third kappa shape index (κ3) is 2.91. The molecule has 114 valence electrons. The number of nitrogens with two attached hydrogens (primary N) is 1. The molecule has 1 aromatic rings. The number of carbonyl (C=O) groups is 1. The minimum atomic E-state index is 0.131. The van der Waals surface area contributed by atoms with Crippen molar-refractivity contribution in [1.29, 1.82) is 0 Å². The van der Waals surface area contributed by atoms with Gasteiger partial charge in [-0.05, 0) is 49.8 Å². The lowest BCUT2D eigenvalue weighted by atomic mass is 10.0. The highest BCUT2D eigenvalue weighted by atomic mass is 16.5. The molecule has 4 heteroatoms. The molecule has 1 saturated carbocycles. The van der Waals surface area contributed by atoms with Crippen LogP contribution in [0.2, 0.25) is 0 Å². The predicted molar refractivity (Wildman–Crippen MR) is 82.0 cm³/mol. The summed E-state index contributed by atoms with van der Waals surface area (Å²) in [6, 6.07) is 8.50. The number of amides is 1. The topological polar surface area (TPSA) is 55.6 Å². The summed E-state index contributed by atoms with van der Waals surface area (Å²) in [6.07, 6.45) is 4.89. The molecule has 0 spiro atoms. The van der Waals surface area contributed by atoms with E-state index in [2.05, 4.69) is 17.0 Å². The Kier molecular flexibility index (Phi) is 4.15. The Morgan fingerprint density at radius 1 is 1.33 bits per heavy atom. The molecule has 0 aromatic heterocycles. The molecule has 1 aromatic carbocycles. The zero-order valence-electron chi connectivity index (χ0n) is 12.6. The van der Waals surface area contributed by atoms with Gasteiger partial charge in [-0.3, -0.25) is 4.79 Å². The number of nitrogens with zero attached hydrogens (tertiary/aromatic N) is 1. The highest BCUT2D eigenvalue weighted by molar-refractivity contribution is 5.80. The smallest absolute Gasteiger partial charge is 0.226 e. The van der Waals surface area contributed by atoms with Crippen molar-refractivity contribution in [1.82, 2.24) is 4.90 Å². The van der Waals surface area contributed by atoms with Crippen molar-refractivity contribution in [2.45, 2.75) is 44.2 Å². The average molecular weight is 288 g/mol. The lowest BCUT2D eigenvalue weighted by Crippen LogP contribution is -2.35. The average Bonchev–Trinajstić information content (AvgIpc) is 3.15. The summed E-state index contributed by atoms with van der Waals surface area (Å²) in [5, 5.41) is 0. The summed E-state index contributed by atoms with van der Waals surface area (Å²) < 4.78 is 5.30. The van der Waals surface area contributed by atoms with Gasteiger partial charge in [-0.15, -0.1) is 0 Å². The lowest BCUT2D eigenvalue weighted by molar-refractivity contribution is -0.136. The number of methoxy groups -OCH3 is 1. The van der Waals surface area contributed by atoms with Crippen LogP contribution < -0.4 is 10.5 Å². The summed E-state index contributed by atoms with van der Waals surface area (Å²) >= 11 is 0. The number of hydrogen-bond acceptors (Lipinski definition) is 3. The summed E-state index contributed by atoms with van der Waals surface area (Å²) in [5.74, 6) is 1.29. The molecule has 2 N–H and O–H groups in total. The van der Waals surface area contributed by atoms with E-state index in [-0.39, 0.29) is 18.0 Å². The first-order valence-electron chi connectivity index (χ1n) is 7.89. The fraction of sp³-hybridized carbons (Fsp3) is 0.588. The van der Waals surface area contributed by atoms with E-state index in [1.54, 1.807) is 7.11 Å². The molecule has 3 atom stereocenters. The highest BCUT2D eigenvalue weighted by Gasteiger charge is 2.36. The molecule has 1 heterocycles. The Labute approximate surface area is 126 Å². The molecule has 2 aliphatic rings. The van der Waals surface area contributed by atoms with Crippen molar-refractivity contribution in [3.63, 3.8) is 0 Å². The van der Waals surface area contributed by atoms with Crippen molar-refractivity contribution in [3.8, 4) is 5.75 Å². The zero-order valence-corrected chi connectivity index (χ0v) is 12.6. The predicted octanol–water partition coefficient (Wildman–Crippen LogP) is 2.49. The van der Waals surface area contributed by atoms with Crippen LogP contribution >= 0.6 is 0 Å². The van der Waals surface area contributed by atoms with Crippen molar-refractivity contribution < 1.29 is 9.53 Å². The molecule has 21 heavy (non-hydrogen) atoms. The van der Waals surface area contributed by atoms with Crippen molar-refractivity contribution in [3.05, 3.63) is 29.8 Å². The van der Waals surface area contributed by atoms with E-state index in [4.69, 9.17) is 10.5 Å². The number of rotatable bonds is 3. The van der Waals surface area contributed by atoms with Gasteiger partial charge in [0.15, 0.2) is 0 Å². The number of likely N-dealkylation sites (tertiary alicyclic amines) is 1. The first-order chi connectivity index (χ1) is 10.2. The summed E-state index contributed by atoms with van der Waals surface area (Å²) in [7, 11) is 1.68. The maximum absolute atomic E-state index is 12.8. The minimum Gasteiger partial charge on any atom is -0.497 e. The molecule has 0 radical (unpaired) electrons. The summed E-state index contributed by atoms with van der Waals surface area (Å²) in [6.45, 7) is 0.868. The molecule has 0 unspecified atom stereocenters. The van der Waals surface area contributed by atoms with Crippen LogP contribution in [-0.2, 0) is 4.79 Å². The van der Waals surface area contributed by atoms with E-state index in [0.717, 1.165) is 44.4 Å². The molecule has 1 aliphatic carbocycles. The number of benzene rings is 1. The van der Waals surface area contributed by atoms with Gasteiger partial charge in [-0.1, -0.05) is 12.1 Å². The van der Waals surface area contributed by atoms with Gasteiger partial charge in [0.05, 0.1) is 13.2 Å². The van der Waals surface area contributed by atoms with Crippen LogP contribution in [0, 0.1) is 5.92 Å². The van der Waals surface area contributed by atoms with Gasteiger partial charge in [-0.2, -0.15) is 0 Å². The molecular weight excluding hydrogens is 264 g/mol. The van der Waals surface area contributed by atoms with Crippen LogP contribution in [0.3, 0.4) is 0 Å². The molecule has 1 aliphatic heterocycles. The van der Waals surface area contributed by atoms with Gasteiger partial charge in [-0.25, -0.2) is 0 Å². The fourth-order valence-electron chi connectivity index (χ4n) is 3.70. The fourth-order valence-corrected chi connectivity index (χ4v) is 3.70. The van der Waals surface area contributed by atoms with E-state index >= 15 is 0 Å². The van der Waals surface area contributed by atoms with Crippen LogP contribution in [0.1, 0.15) is 43.7 Å². The van der Waals surface area contributed by atoms with Crippen LogP contribution in [0.4, 0.5) is 0 Å². The van der Waals surface area contributed by atoms with Gasteiger partial charge < -0.3 is 15.4 Å². The SMILES string of the molecule is COc1cccc([C@@H]2CCCN2C(=O)[C@@H]2CC[C@@H](N)C2)c1. The van der Waals surface area contributed by atoms with Gasteiger partial charge in [0.25, 0.3) is 0 Å². The Morgan fingerprint density at radius 2 is 2.19 bits per heavy atom. The van der Waals surface area contributed by atoms with Crippen molar-refractivity contribution >= 4 is 5.91 Å². The Morgan fingerprint density at radius 3 is 2.90 bits per heavy atom. The van der Waals surface area contributed by atoms with E-state index in [1.165, 1.54) is 5.56 Å². The third-order valence-corrected chi connectivity index (χ3v) is 4.84. The van der Waals surface area contributed by atoms with Crippen LogP contribution in [0.5, 0.6) is 5.75 Å². The van der Waals surface area contributed by atoms with Crippen molar-refractivity contribution in [2.24, 2.45) is 11.7 Å². The quantitative estimate of drug-likeness (QED) is 0.929. The van der Waals surface area contributed by atoms with E-state index < -0.39 is 0 Å². The number of carbonyl (C=O) groups excluding carboxylic acids is 1. The van der Waals surface area contributed by atoms with Gasteiger partial charge in [0.2, 0.25) is 5.91 Å². The maximum Gasteiger partial charge on any atom is 0.226 e. The lowest BCUT2D eigenvalue weighted by Gasteiger charge is -2.28. The summed E-state index contributed by atoms with van der Waals surface area (Å²) in [5.41, 5.74) is 7.14. The van der Waals surface area contributed by atoms with E-state index in [1.807, 2.05) is 12.1 Å². The Balaban J connectivity index is 1.77. The largest absolute Gasteiger partial charge is 0.497 e. The molecule has 4 nitrogen and oxygen atoms in total. The zero-order chi connectivity index (χ0) is 14.8. The Hall–Kier alpha value is -1.55. The minimum absolute atomic E-state index is 0.131.